The summed E-state index contributed by atoms with van der Waals surface area (Å²) < 4.78 is 1.49. The molecule has 2 rings (SSSR count). The number of rotatable bonds is 1. The summed E-state index contributed by atoms with van der Waals surface area (Å²) in [6, 6.07) is 9.16. The number of hydrogen-bond donors (Lipinski definition) is 0. The zero-order valence-corrected chi connectivity index (χ0v) is 9.45. The maximum absolute atomic E-state index is 11.9. The fourth-order valence-electron chi connectivity index (χ4n) is 1.78. The van der Waals surface area contributed by atoms with Crippen molar-refractivity contribution in [1.29, 1.82) is 5.26 Å². The monoisotopic (exact) mass is 232 g/mol. The first-order chi connectivity index (χ1) is 7.65. The summed E-state index contributed by atoms with van der Waals surface area (Å²) in [5.74, 6) is 0. The van der Waals surface area contributed by atoms with Gasteiger partial charge in [0.25, 0.3) is 5.56 Å². The van der Waals surface area contributed by atoms with Crippen LogP contribution in [0.2, 0.25) is 5.02 Å². The number of hydrogen-bond acceptors (Lipinski definition) is 2. The molecule has 1 aromatic carbocycles. The summed E-state index contributed by atoms with van der Waals surface area (Å²) in [5.41, 5.74) is 1.04. The Balaban J connectivity index is 2.90. The molecule has 0 aliphatic rings. The molecular weight excluding hydrogens is 224 g/mol. The first kappa shape index (κ1) is 10.7. The number of fused-ring (bicyclic) bond motifs is 1. The topological polar surface area (TPSA) is 45.8 Å². The van der Waals surface area contributed by atoms with E-state index in [1.807, 2.05) is 18.2 Å². The second-order valence-electron chi connectivity index (χ2n) is 3.55. The molecule has 80 valence electrons. The SMILES string of the molecule is Cn1c(=O)c(CC#N)cc2cccc(Cl)c21. The zero-order chi connectivity index (χ0) is 11.7. The van der Waals surface area contributed by atoms with E-state index in [1.54, 1.807) is 19.2 Å². The third kappa shape index (κ3) is 1.58. The first-order valence-corrected chi connectivity index (χ1v) is 5.17. The van der Waals surface area contributed by atoms with Crippen LogP contribution >= 0.6 is 11.6 Å². The predicted molar refractivity (Wildman–Crippen MR) is 63.5 cm³/mol. The lowest BCUT2D eigenvalue weighted by Gasteiger charge is -2.08. The molecule has 0 saturated heterocycles. The van der Waals surface area contributed by atoms with Gasteiger partial charge >= 0.3 is 0 Å². The van der Waals surface area contributed by atoms with Crippen LogP contribution in [-0.2, 0) is 13.5 Å². The van der Waals surface area contributed by atoms with Gasteiger partial charge in [0, 0.05) is 18.0 Å². The average molecular weight is 233 g/mol. The lowest BCUT2D eigenvalue weighted by Crippen LogP contribution is -2.21. The van der Waals surface area contributed by atoms with Crippen LogP contribution in [0.5, 0.6) is 0 Å². The van der Waals surface area contributed by atoms with Crippen LogP contribution in [0.4, 0.5) is 0 Å². The average Bonchev–Trinajstić information content (AvgIpc) is 2.25. The van der Waals surface area contributed by atoms with Gasteiger partial charge in [-0.2, -0.15) is 5.26 Å². The molecule has 0 aliphatic heterocycles. The molecule has 0 saturated carbocycles. The summed E-state index contributed by atoms with van der Waals surface area (Å²) in [6.07, 6.45) is 0.120. The molecular formula is C12H9ClN2O. The molecule has 0 spiro atoms. The molecule has 0 unspecified atom stereocenters. The minimum atomic E-state index is -0.165. The van der Waals surface area contributed by atoms with Gasteiger partial charge in [-0.25, -0.2) is 0 Å². The number of para-hydroxylation sites is 1. The van der Waals surface area contributed by atoms with Crippen molar-refractivity contribution in [2.24, 2.45) is 7.05 Å². The van der Waals surface area contributed by atoms with Crippen LogP contribution in [0.1, 0.15) is 5.56 Å². The molecule has 0 radical (unpaired) electrons. The maximum atomic E-state index is 11.9. The molecule has 0 bridgehead atoms. The van der Waals surface area contributed by atoms with Crippen LogP contribution < -0.4 is 5.56 Å². The Bertz CT molecular complexity index is 652. The van der Waals surface area contributed by atoms with Gasteiger partial charge < -0.3 is 4.57 Å². The fourth-order valence-corrected chi connectivity index (χ4v) is 2.09. The summed E-state index contributed by atoms with van der Waals surface area (Å²) >= 11 is 6.04. The van der Waals surface area contributed by atoms with Gasteiger partial charge in [0.2, 0.25) is 0 Å². The van der Waals surface area contributed by atoms with Crippen molar-refractivity contribution >= 4 is 22.5 Å². The van der Waals surface area contributed by atoms with Crippen molar-refractivity contribution in [2.45, 2.75) is 6.42 Å². The van der Waals surface area contributed by atoms with Gasteiger partial charge in [0.15, 0.2) is 0 Å². The number of benzene rings is 1. The highest BCUT2D eigenvalue weighted by molar-refractivity contribution is 6.35. The van der Waals surface area contributed by atoms with Crippen molar-refractivity contribution in [3.8, 4) is 6.07 Å². The fraction of sp³-hybridized carbons (Fsp3) is 0.167. The Morgan fingerprint density at radius 1 is 1.50 bits per heavy atom. The van der Waals surface area contributed by atoms with Crippen LogP contribution in [-0.4, -0.2) is 4.57 Å². The lowest BCUT2D eigenvalue weighted by molar-refractivity contribution is 0.886. The number of halogens is 1. The molecule has 0 amide bonds. The molecule has 0 atom stereocenters. The van der Waals surface area contributed by atoms with E-state index in [0.29, 0.717) is 16.1 Å². The quantitative estimate of drug-likeness (QED) is 0.757. The van der Waals surface area contributed by atoms with E-state index >= 15 is 0 Å². The molecule has 0 N–H and O–H groups in total. The summed E-state index contributed by atoms with van der Waals surface area (Å²) in [4.78, 5) is 11.9. The molecule has 16 heavy (non-hydrogen) atoms. The molecule has 3 nitrogen and oxygen atoms in total. The van der Waals surface area contributed by atoms with Crippen LogP contribution in [0, 0.1) is 11.3 Å². The number of nitriles is 1. The Hall–Kier alpha value is -1.79. The zero-order valence-electron chi connectivity index (χ0n) is 8.70. The largest absolute Gasteiger partial charge is 0.310 e. The van der Waals surface area contributed by atoms with E-state index in [0.717, 1.165) is 5.39 Å². The highest BCUT2D eigenvalue weighted by Gasteiger charge is 2.08. The standard InChI is InChI=1S/C12H9ClN2O/c1-15-11-8(3-2-4-10(11)13)7-9(5-6-14)12(15)16/h2-4,7H,5H2,1H3. The Labute approximate surface area is 97.5 Å². The first-order valence-electron chi connectivity index (χ1n) is 4.79. The van der Waals surface area contributed by atoms with Crippen molar-refractivity contribution in [3.05, 3.63) is 45.2 Å². The van der Waals surface area contributed by atoms with Gasteiger partial charge in [-0.15, -0.1) is 0 Å². The van der Waals surface area contributed by atoms with Gasteiger partial charge in [0.05, 0.1) is 23.0 Å². The highest BCUT2D eigenvalue weighted by atomic mass is 35.5. The van der Waals surface area contributed by atoms with E-state index in [1.165, 1.54) is 4.57 Å². The van der Waals surface area contributed by atoms with Crippen LogP contribution in [0.15, 0.2) is 29.1 Å². The van der Waals surface area contributed by atoms with Crippen molar-refractivity contribution in [2.75, 3.05) is 0 Å². The number of aryl methyl sites for hydroxylation is 1. The molecule has 4 heteroatoms. The Kier molecular flexibility index (Phi) is 2.67. The molecule has 1 heterocycles. The second kappa shape index (κ2) is 3.99. The predicted octanol–water partition coefficient (Wildman–Crippen LogP) is 2.26. The number of pyridine rings is 1. The molecule has 2 aromatic rings. The minimum absolute atomic E-state index is 0.120. The van der Waals surface area contributed by atoms with Crippen molar-refractivity contribution in [1.82, 2.24) is 4.57 Å². The van der Waals surface area contributed by atoms with Crippen LogP contribution in [0.25, 0.3) is 10.9 Å². The number of aromatic nitrogens is 1. The van der Waals surface area contributed by atoms with Crippen molar-refractivity contribution < 1.29 is 0 Å². The highest BCUT2D eigenvalue weighted by Crippen LogP contribution is 2.21. The smallest absolute Gasteiger partial charge is 0.255 e. The molecule has 0 aliphatic carbocycles. The van der Waals surface area contributed by atoms with E-state index in [-0.39, 0.29) is 12.0 Å². The van der Waals surface area contributed by atoms with E-state index in [2.05, 4.69) is 0 Å². The minimum Gasteiger partial charge on any atom is -0.310 e. The lowest BCUT2D eigenvalue weighted by atomic mass is 10.1. The Morgan fingerprint density at radius 3 is 2.94 bits per heavy atom. The van der Waals surface area contributed by atoms with E-state index in [9.17, 15) is 4.79 Å². The van der Waals surface area contributed by atoms with E-state index in [4.69, 9.17) is 16.9 Å². The molecule has 1 aromatic heterocycles. The van der Waals surface area contributed by atoms with Gasteiger partial charge in [0.1, 0.15) is 0 Å². The summed E-state index contributed by atoms with van der Waals surface area (Å²) in [7, 11) is 1.66. The van der Waals surface area contributed by atoms with Gasteiger partial charge in [-0.3, -0.25) is 4.79 Å². The Morgan fingerprint density at radius 2 is 2.25 bits per heavy atom. The normalized spacial score (nSPS) is 10.3. The molecule has 0 fully saturated rings. The van der Waals surface area contributed by atoms with Crippen LogP contribution in [0.3, 0.4) is 0 Å². The third-order valence-corrected chi connectivity index (χ3v) is 2.84. The summed E-state index contributed by atoms with van der Waals surface area (Å²) in [5, 5.41) is 10.1. The second-order valence-corrected chi connectivity index (χ2v) is 3.95. The summed E-state index contributed by atoms with van der Waals surface area (Å²) in [6.45, 7) is 0. The third-order valence-electron chi connectivity index (χ3n) is 2.53. The maximum Gasteiger partial charge on any atom is 0.255 e. The van der Waals surface area contributed by atoms with Gasteiger partial charge in [-0.1, -0.05) is 23.7 Å². The van der Waals surface area contributed by atoms with Crippen molar-refractivity contribution in [3.63, 3.8) is 0 Å². The van der Waals surface area contributed by atoms with Gasteiger partial charge in [-0.05, 0) is 12.1 Å². The number of nitrogens with zero attached hydrogens (tertiary/aromatic N) is 2. The van der Waals surface area contributed by atoms with E-state index < -0.39 is 0 Å².